The normalized spacial score (nSPS) is 22.6. The summed E-state index contributed by atoms with van der Waals surface area (Å²) in [5.74, 6) is 2.26. The summed E-state index contributed by atoms with van der Waals surface area (Å²) < 4.78 is 5.26. The first-order valence-electron chi connectivity index (χ1n) is 6.47. The molecule has 0 aromatic carbocycles. The lowest BCUT2D eigenvalue weighted by molar-refractivity contribution is 0.344. The molecule has 0 aliphatic carbocycles. The van der Waals surface area contributed by atoms with Gasteiger partial charge in [-0.3, -0.25) is 0 Å². The molecule has 2 heterocycles. The molecule has 1 fully saturated rings. The first-order valence-corrected chi connectivity index (χ1v) is 6.47. The van der Waals surface area contributed by atoms with E-state index >= 15 is 0 Å². The maximum absolute atomic E-state index is 5.26. The van der Waals surface area contributed by atoms with Crippen LogP contribution in [-0.4, -0.2) is 36.3 Å². The zero-order chi connectivity index (χ0) is 12.1. The lowest BCUT2D eigenvalue weighted by Gasteiger charge is -2.20. The average Bonchev–Trinajstić information content (AvgIpc) is 2.77. The van der Waals surface area contributed by atoms with Crippen LogP contribution in [0.15, 0.2) is 4.52 Å². The Kier molecular flexibility index (Phi) is 4.50. The predicted molar refractivity (Wildman–Crippen MR) is 65.8 cm³/mol. The number of nitrogens with one attached hydrogen (secondary N) is 2. The second kappa shape index (κ2) is 6.12. The van der Waals surface area contributed by atoms with Crippen LogP contribution >= 0.6 is 0 Å². The van der Waals surface area contributed by atoms with Crippen molar-refractivity contribution in [3.63, 3.8) is 0 Å². The third-order valence-corrected chi connectivity index (χ3v) is 3.35. The number of rotatable bonds is 5. The topological polar surface area (TPSA) is 63.0 Å². The molecule has 0 bridgehead atoms. The molecule has 17 heavy (non-hydrogen) atoms. The van der Waals surface area contributed by atoms with Crippen molar-refractivity contribution < 1.29 is 4.52 Å². The van der Waals surface area contributed by atoms with Crippen molar-refractivity contribution in [2.45, 2.75) is 38.6 Å². The fourth-order valence-corrected chi connectivity index (χ4v) is 2.18. The molecule has 2 unspecified atom stereocenters. The van der Waals surface area contributed by atoms with E-state index in [0.717, 1.165) is 37.6 Å². The molecule has 0 saturated carbocycles. The van der Waals surface area contributed by atoms with Gasteiger partial charge in [0.15, 0.2) is 5.82 Å². The van der Waals surface area contributed by atoms with E-state index in [1.165, 1.54) is 12.8 Å². The van der Waals surface area contributed by atoms with Gasteiger partial charge in [0.1, 0.15) is 0 Å². The molecule has 1 aliphatic heterocycles. The molecule has 0 amide bonds. The highest BCUT2D eigenvalue weighted by atomic mass is 16.5. The number of nitrogens with zero attached hydrogens (tertiary/aromatic N) is 2. The van der Waals surface area contributed by atoms with Crippen molar-refractivity contribution in [2.24, 2.45) is 5.92 Å². The van der Waals surface area contributed by atoms with Crippen LogP contribution in [0.2, 0.25) is 0 Å². The first kappa shape index (κ1) is 12.5. The van der Waals surface area contributed by atoms with Gasteiger partial charge in [-0.05, 0) is 45.8 Å². The highest BCUT2D eigenvalue weighted by Crippen LogP contribution is 2.14. The Hall–Kier alpha value is -0.940. The third-order valence-electron chi connectivity index (χ3n) is 3.35. The van der Waals surface area contributed by atoms with Gasteiger partial charge in [-0.2, -0.15) is 4.98 Å². The fourth-order valence-electron chi connectivity index (χ4n) is 2.18. The van der Waals surface area contributed by atoms with E-state index in [1.807, 2.05) is 7.05 Å². The van der Waals surface area contributed by atoms with Crippen molar-refractivity contribution >= 4 is 0 Å². The van der Waals surface area contributed by atoms with Crippen LogP contribution in [0.25, 0.3) is 0 Å². The van der Waals surface area contributed by atoms with Crippen molar-refractivity contribution in [3.05, 3.63) is 11.7 Å². The van der Waals surface area contributed by atoms with Crippen molar-refractivity contribution in [1.82, 2.24) is 20.8 Å². The summed E-state index contributed by atoms with van der Waals surface area (Å²) in [7, 11) is 1.94. The predicted octanol–water partition coefficient (Wildman–Crippen LogP) is 0.762. The van der Waals surface area contributed by atoms with Gasteiger partial charge in [0.2, 0.25) is 5.89 Å². The molecule has 1 aliphatic rings. The van der Waals surface area contributed by atoms with E-state index in [2.05, 4.69) is 27.7 Å². The van der Waals surface area contributed by atoms with E-state index in [0.29, 0.717) is 12.0 Å². The van der Waals surface area contributed by atoms with Gasteiger partial charge < -0.3 is 15.2 Å². The molecule has 2 N–H and O–H groups in total. The Bertz CT molecular complexity index is 333. The molecule has 1 saturated heterocycles. The van der Waals surface area contributed by atoms with Crippen molar-refractivity contribution in [1.29, 1.82) is 0 Å². The monoisotopic (exact) mass is 238 g/mol. The molecule has 2 atom stereocenters. The molecule has 0 radical (unpaired) electrons. The second-order valence-electron chi connectivity index (χ2n) is 4.91. The maximum atomic E-state index is 5.26. The fraction of sp³-hybridized carbons (Fsp3) is 0.833. The summed E-state index contributed by atoms with van der Waals surface area (Å²) in [4.78, 5) is 4.45. The standard InChI is InChI=1S/C12H22N4O/c1-9(13-2)6-12-15-11(16-17-12)7-10-4-3-5-14-8-10/h9-10,13-14H,3-8H2,1-2H3. The SMILES string of the molecule is CNC(C)Cc1nc(CC2CCCNC2)no1. The first-order chi connectivity index (χ1) is 8.28. The van der Waals surface area contributed by atoms with Crippen LogP contribution in [0.1, 0.15) is 31.5 Å². The van der Waals surface area contributed by atoms with Crippen LogP contribution in [0.4, 0.5) is 0 Å². The highest BCUT2D eigenvalue weighted by Gasteiger charge is 2.17. The van der Waals surface area contributed by atoms with E-state index < -0.39 is 0 Å². The minimum Gasteiger partial charge on any atom is -0.339 e. The molecule has 5 nitrogen and oxygen atoms in total. The molecule has 0 spiro atoms. The van der Waals surface area contributed by atoms with Crippen LogP contribution < -0.4 is 10.6 Å². The zero-order valence-electron chi connectivity index (χ0n) is 10.7. The smallest absolute Gasteiger partial charge is 0.228 e. The maximum Gasteiger partial charge on any atom is 0.228 e. The summed E-state index contributed by atoms with van der Waals surface area (Å²) in [6.45, 7) is 4.33. The number of hydrogen-bond acceptors (Lipinski definition) is 5. The summed E-state index contributed by atoms with van der Waals surface area (Å²) >= 11 is 0. The summed E-state index contributed by atoms with van der Waals surface area (Å²) in [6, 6.07) is 0.375. The Morgan fingerprint density at radius 3 is 3.18 bits per heavy atom. The molecular formula is C12H22N4O. The molecular weight excluding hydrogens is 216 g/mol. The van der Waals surface area contributed by atoms with E-state index in [1.54, 1.807) is 0 Å². The zero-order valence-corrected chi connectivity index (χ0v) is 10.7. The lowest BCUT2D eigenvalue weighted by atomic mass is 9.96. The average molecular weight is 238 g/mol. The van der Waals surface area contributed by atoms with Crippen LogP contribution in [-0.2, 0) is 12.8 Å². The Morgan fingerprint density at radius 2 is 2.47 bits per heavy atom. The number of likely N-dealkylation sites (N-methyl/N-ethyl adjacent to an activating group) is 1. The molecule has 2 rings (SSSR count). The van der Waals surface area contributed by atoms with E-state index in [9.17, 15) is 0 Å². The van der Waals surface area contributed by atoms with E-state index in [-0.39, 0.29) is 0 Å². The largest absolute Gasteiger partial charge is 0.339 e. The Labute approximate surface area is 102 Å². The van der Waals surface area contributed by atoms with Crippen LogP contribution in [0.5, 0.6) is 0 Å². The third kappa shape index (κ3) is 3.78. The number of piperidine rings is 1. The number of aromatic nitrogens is 2. The summed E-state index contributed by atoms with van der Waals surface area (Å²) in [5.41, 5.74) is 0. The van der Waals surface area contributed by atoms with Gasteiger partial charge in [0, 0.05) is 18.9 Å². The Morgan fingerprint density at radius 1 is 1.59 bits per heavy atom. The van der Waals surface area contributed by atoms with Gasteiger partial charge in [-0.15, -0.1) is 0 Å². The van der Waals surface area contributed by atoms with Gasteiger partial charge >= 0.3 is 0 Å². The van der Waals surface area contributed by atoms with Gasteiger partial charge in [-0.25, -0.2) is 0 Å². The second-order valence-corrected chi connectivity index (χ2v) is 4.91. The van der Waals surface area contributed by atoms with Crippen LogP contribution in [0.3, 0.4) is 0 Å². The minimum atomic E-state index is 0.375. The quantitative estimate of drug-likeness (QED) is 0.793. The summed E-state index contributed by atoms with van der Waals surface area (Å²) in [6.07, 6.45) is 4.26. The van der Waals surface area contributed by atoms with Gasteiger partial charge in [0.05, 0.1) is 0 Å². The minimum absolute atomic E-state index is 0.375. The van der Waals surface area contributed by atoms with Crippen LogP contribution in [0, 0.1) is 5.92 Å². The van der Waals surface area contributed by atoms with Gasteiger partial charge in [0.25, 0.3) is 0 Å². The summed E-state index contributed by atoms with van der Waals surface area (Å²) in [5, 5.41) is 10.6. The molecule has 1 aromatic rings. The number of hydrogen-bond donors (Lipinski definition) is 2. The Balaban J connectivity index is 1.84. The van der Waals surface area contributed by atoms with E-state index in [4.69, 9.17) is 4.52 Å². The molecule has 1 aromatic heterocycles. The van der Waals surface area contributed by atoms with Crippen molar-refractivity contribution in [3.8, 4) is 0 Å². The highest BCUT2D eigenvalue weighted by molar-refractivity contribution is 4.91. The lowest BCUT2D eigenvalue weighted by Crippen LogP contribution is -2.31. The molecule has 5 heteroatoms. The van der Waals surface area contributed by atoms with Crippen molar-refractivity contribution in [2.75, 3.05) is 20.1 Å². The van der Waals surface area contributed by atoms with Gasteiger partial charge in [-0.1, -0.05) is 5.16 Å². The molecule has 96 valence electrons.